The summed E-state index contributed by atoms with van der Waals surface area (Å²) in [6.07, 6.45) is 17.5. The fourth-order valence-corrected chi connectivity index (χ4v) is 1.80. The van der Waals surface area contributed by atoms with Crippen LogP contribution in [-0.2, 0) is 36.1 Å². The van der Waals surface area contributed by atoms with Gasteiger partial charge in [-0.05, 0) is 51.4 Å². The molecule has 0 aromatic rings. The first-order valence-electron chi connectivity index (χ1n) is 7.39. The molecule has 0 aromatic carbocycles. The van der Waals surface area contributed by atoms with Gasteiger partial charge in [-0.15, -0.1) is 0 Å². The van der Waals surface area contributed by atoms with E-state index in [0.717, 1.165) is 11.8 Å². The quantitative estimate of drug-likeness (QED) is 0.308. The molecule has 6 nitrogen and oxygen atoms in total. The number of carbonyl (C=O) groups is 2. The Labute approximate surface area is 171 Å². The Kier molecular flexibility index (Phi) is 13.0. The van der Waals surface area contributed by atoms with Crippen molar-refractivity contribution in [3.63, 3.8) is 0 Å². The largest absolute Gasteiger partial charge is 2.00 e. The fraction of sp³-hybridized carbons (Fsp3) is 0.100. The first-order valence-corrected chi connectivity index (χ1v) is 7.39. The van der Waals surface area contributed by atoms with E-state index in [9.17, 15) is 9.59 Å². The predicted molar refractivity (Wildman–Crippen MR) is 92.3 cm³/mol. The van der Waals surface area contributed by atoms with Crippen molar-refractivity contribution in [1.29, 1.82) is 10.5 Å². The van der Waals surface area contributed by atoms with Crippen molar-refractivity contribution in [2.24, 2.45) is 0 Å². The Hall–Kier alpha value is -2.08. The molecule has 0 amide bonds. The normalized spacial score (nSPS) is 17.6. The third kappa shape index (κ3) is 8.91. The SMILES string of the molecule is COC(=O)/C(C#N)=C/[C]1[CH][CH][CH][CH]1.COC(=O)/C(C#N)=C/[C]1[CH][CH][CH][CH]1.[Fe+2]. The number of nitrogens with zero attached hydrogens (tertiary/aromatic N) is 2. The molecule has 136 valence electrons. The van der Waals surface area contributed by atoms with Gasteiger partial charge in [0.1, 0.15) is 23.3 Å². The third-order valence-corrected chi connectivity index (χ3v) is 3.05. The molecule has 0 spiro atoms. The monoisotopic (exact) mass is 404 g/mol. The van der Waals surface area contributed by atoms with E-state index in [1.165, 1.54) is 26.4 Å². The second-order valence-corrected chi connectivity index (χ2v) is 4.76. The summed E-state index contributed by atoms with van der Waals surface area (Å²) in [6, 6.07) is 3.56. The average molecular weight is 404 g/mol. The Morgan fingerprint density at radius 2 is 1.07 bits per heavy atom. The maximum absolute atomic E-state index is 11.0. The molecule has 2 fully saturated rings. The zero-order valence-electron chi connectivity index (χ0n) is 14.7. The minimum absolute atomic E-state index is 0. The van der Waals surface area contributed by atoms with Gasteiger partial charge in [0.25, 0.3) is 0 Å². The van der Waals surface area contributed by atoms with Crippen molar-refractivity contribution >= 4 is 11.9 Å². The summed E-state index contributed by atoms with van der Waals surface area (Å²) in [5.74, 6) is 0.427. The van der Waals surface area contributed by atoms with Crippen molar-refractivity contribution in [2.75, 3.05) is 14.2 Å². The summed E-state index contributed by atoms with van der Waals surface area (Å²) in [5.41, 5.74) is 0.0161. The van der Waals surface area contributed by atoms with Crippen LogP contribution in [0.4, 0.5) is 0 Å². The Bertz CT molecular complexity index is 575. The molecule has 0 unspecified atom stereocenters. The molecule has 0 heterocycles. The molecule has 2 aliphatic carbocycles. The molecule has 10 radical (unpaired) electrons. The van der Waals surface area contributed by atoms with Gasteiger partial charge in [-0.3, -0.25) is 0 Å². The number of hydrogen-bond acceptors (Lipinski definition) is 6. The predicted octanol–water partition coefficient (Wildman–Crippen LogP) is 2.03. The minimum atomic E-state index is -0.608. The Morgan fingerprint density at radius 1 is 0.778 bits per heavy atom. The van der Waals surface area contributed by atoms with E-state index >= 15 is 0 Å². The van der Waals surface area contributed by atoms with Crippen LogP contribution < -0.4 is 0 Å². The smallest absolute Gasteiger partial charge is 0.465 e. The van der Waals surface area contributed by atoms with Crippen LogP contribution in [0, 0.1) is 85.9 Å². The van der Waals surface area contributed by atoms with Crippen LogP contribution in [0.3, 0.4) is 0 Å². The molecule has 2 aliphatic rings. The topological polar surface area (TPSA) is 100 Å². The first-order chi connectivity index (χ1) is 12.5. The number of methoxy groups -OCH3 is 2. The van der Waals surface area contributed by atoms with E-state index in [-0.39, 0.29) is 28.2 Å². The molecule has 7 heteroatoms. The summed E-state index contributed by atoms with van der Waals surface area (Å²) < 4.78 is 8.84. The second-order valence-electron chi connectivity index (χ2n) is 4.76. The van der Waals surface area contributed by atoms with Crippen LogP contribution in [0.1, 0.15) is 0 Å². The van der Waals surface area contributed by atoms with Gasteiger partial charge >= 0.3 is 29.0 Å². The van der Waals surface area contributed by atoms with Gasteiger partial charge in [0.2, 0.25) is 0 Å². The number of esters is 2. The van der Waals surface area contributed by atoms with Gasteiger partial charge in [-0.25, -0.2) is 9.59 Å². The number of allylic oxidation sites excluding steroid dienone is 2. The summed E-state index contributed by atoms with van der Waals surface area (Å²) >= 11 is 0. The number of nitriles is 2. The minimum Gasteiger partial charge on any atom is -0.465 e. The van der Waals surface area contributed by atoms with E-state index in [0.29, 0.717) is 0 Å². The zero-order valence-corrected chi connectivity index (χ0v) is 15.8. The molecule has 0 N–H and O–H groups in total. The first kappa shape index (κ1) is 24.9. The van der Waals surface area contributed by atoms with Crippen LogP contribution in [0.15, 0.2) is 23.3 Å². The summed E-state index contributed by atoms with van der Waals surface area (Å²) in [7, 11) is 2.50. The van der Waals surface area contributed by atoms with Crippen LogP contribution in [0.2, 0.25) is 0 Å². The zero-order chi connectivity index (χ0) is 19.4. The number of ether oxygens (including phenoxy) is 2. The summed E-state index contributed by atoms with van der Waals surface area (Å²) in [5, 5.41) is 17.2. The number of carbonyl (C=O) groups excluding carboxylic acids is 2. The van der Waals surface area contributed by atoms with Gasteiger partial charge in [-0.2, -0.15) is 10.5 Å². The maximum Gasteiger partial charge on any atom is 2.00 e. The Morgan fingerprint density at radius 3 is 1.30 bits per heavy atom. The number of hydrogen-bond donors (Lipinski definition) is 0. The second kappa shape index (κ2) is 14.0. The van der Waals surface area contributed by atoms with E-state index in [1.807, 2.05) is 25.7 Å². The van der Waals surface area contributed by atoms with E-state index < -0.39 is 11.9 Å². The molecule has 2 saturated carbocycles. The standard InChI is InChI=1S/2C10H8NO2.Fe/c2*1-13-10(12)9(7-11)6-8-4-2-3-5-8;/h2*2-6H,1H3;/q;;+2/b2*9-6+;. The van der Waals surface area contributed by atoms with Gasteiger partial charge < -0.3 is 9.47 Å². The summed E-state index contributed by atoms with van der Waals surface area (Å²) in [6.45, 7) is 0. The molecular weight excluding hydrogens is 388 g/mol. The van der Waals surface area contributed by atoms with Crippen LogP contribution in [0.25, 0.3) is 0 Å². The van der Waals surface area contributed by atoms with Crippen molar-refractivity contribution in [1.82, 2.24) is 0 Å². The average Bonchev–Trinajstić information content (AvgIpc) is 3.37. The van der Waals surface area contributed by atoms with Gasteiger partial charge in [0, 0.05) is 11.8 Å². The number of rotatable bonds is 4. The van der Waals surface area contributed by atoms with Gasteiger partial charge in [0.15, 0.2) is 0 Å². The molecule has 0 aromatic heterocycles. The molecule has 0 aliphatic heterocycles. The van der Waals surface area contributed by atoms with Crippen LogP contribution >= 0.6 is 0 Å². The van der Waals surface area contributed by atoms with Gasteiger partial charge in [0.05, 0.1) is 14.2 Å². The van der Waals surface area contributed by atoms with Crippen LogP contribution in [0.5, 0.6) is 0 Å². The van der Waals surface area contributed by atoms with Crippen LogP contribution in [-0.4, -0.2) is 26.2 Å². The van der Waals surface area contributed by atoms with Crippen molar-refractivity contribution < 1.29 is 36.1 Å². The third-order valence-electron chi connectivity index (χ3n) is 3.05. The molecular formula is C20H16FeN2O4+2. The molecule has 2 rings (SSSR count). The molecule has 0 atom stereocenters. The van der Waals surface area contributed by atoms with E-state index in [2.05, 4.69) is 9.47 Å². The van der Waals surface area contributed by atoms with E-state index in [1.54, 1.807) is 37.8 Å². The molecule has 0 saturated heterocycles. The van der Waals surface area contributed by atoms with Gasteiger partial charge in [-0.1, -0.05) is 12.2 Å². The maximum atomic E-state index is 11.0. The van der Waals surface area contributed by atoms with Crippen molar-refractivity contribution in [3.8, 4) is 12.1 Å². The fourth-order valence-electron chi connectivity index (χ4n) is 1.80. The molecule has 0 bridgehead atoms. The molecule has 27 heavy (non-hydrogen) atoms. The Balaban J connectivity index is 0.000000483. The summed E-state index contributed by atoms with van der Waals surface area (Å²) in [4.78, 5) is 21.9. The van der Waals surface area contributed by atoms with Crippen molar-refractivity contribution in [3.05, 3.63) is 86.5 Å². The van der Waals surface area contributed by atoms with Crippen molar-refractivity contribution in [2.45, 2.75) is 0 Å². The van der Waals surface area contributed by atoms with E-state index in [4.69, 9.17) is 10.5 Å².